The van der Waals surface area contributed by atoms with Gasteiger partial charge in [0.2, 0.25) is 17.7 Å². The molecule has 2 aliphatic heterocycles. The monoisotopic (exact) mass is 558 g/mol. The number of benzene rings is 2. The number of hydrogen-bond acceptors (Lipinski definition) is 7. The van der Waals surface area contributed by atoms with Gasteiger partial charge in [-0.2, -0.15) is 0 Å². The summed E-state index contributed by atoms with van der Waals surface area (Å²) in [6.45, 7) is 1.45. The number of nitrogens with two attached hydrogens (primary N) is 1. The Morgan fingerprint density at radius 1 is 1.10 bits per heavy atom. The van der Waals surface area contributed by atoms with E-state index in [2.05, 4.69) is 20.9 Å². The summed E-state index contributed by atoms with van der Waals surface area (Å²) in [7, 11) is 0. The average molecular weight is 559 g/mol. The molecule has 10 nitrogen and oxygen atoms in total. The normalized spacial score (nSPS) is 22.9. The highest BCUT2D eigenvalue weighted by molar-refractivity contribution is 5.99. The summed E-state index contributed by atoms with van der Waals surface area (Å²) in [6.07, 6.45) is 2.98. The molecule has 0 aliphatic carbocycles. The van der Waals surface area contributed by atoms with E-state index in [1.165, 1.54) is 0 Å². The fraction of sp³-hybridized carbons (Fsp3) is 0.419. The number of aromatic nitrogens is 1. The molecule has 5 atom stereocenters. The molecule has 3 amide bonds. The second kappa shape index (κ2) is 13.2. The summed E-state index contributed by atoms with van der Waals surface area (Å²) in [5.74, 6) is -0.695. The van der Waals surface area contributed by atoms with Gasteiger partial charge in [0.1, 0.15) is 12.1 Å². The van der Waals surface area contributed by atoms with Crippen molar-refractivity contribution >= 4 is 34.3 Å². The number of pyridine rings is 1. The molecule has 41 heavy (non-hydrogen) atoms. The fourth-order valence-corrected chi connectivity index (χ4v) is 5.83. The molecule has 0 saturated carbocycles. The van der Waals surface area contributed by atoms with Crippen LogP contribution in [0.25, 0.3) is 10.9 Å². The third-order valence-corrected chi connectivity index (χ3v) is 8.04. The summed E-state index contributed by atoms with van der Waals surface area (Å²) in [5, 5.41) is 20.5. The molecular formula is C31H38N6O4. The van der Waals surface area contributed by atoms with Gasteiger partial charge >= 0.3 is 0 Å². The fourth-order valence-electron chi connectivity index (χ4n) is 5.83. The number of aliphatic hydroxyl groups is 1. The molecule has 3 heterocycles. The van der Waals surface area contributed by atoms with Crippen LogP contribution in [-0.4, -0.2) is 76.6 Å². The van der Waals surface area contributed by atoms with Gasteiger partial charge in [0.05, 0.1) is 23.4 Å². The van der Waals surface area contributed by atoms with Crippen LogP contribution in [0.2, 0.25) is 0 Å². The quantitative estimate of drug-likeness (QED) is 0.254. The molecule has 2 fully saturated rings. The largest absolute Gasteiger partial charge is 0.383 e. The number of nitrogens with one attached hydrogen (secondary N) is 3. The van der Waals surface area contributed by atoms with Crippen LogP contribution in [-0.2, 0) is 20.8 Å². The van der Waals surface area contributed by atoms with Crippen LogP contribution < -0.4 is 21.7 Å². The van der Waals surface area contributed by atoms with Crippen LogP contribution in [0.4, 0.5) is 5.69 Å². The van der Waals surface area contributed by atoms with Gasteiger partial charge in [-0.1, -0.05) is 48.5 Å². The smallest absolute Gasteiger partial charge is 0.249 e. The number of carbonyl (C=O) groups is 3. The Balaban J connectivity index is 1.26. The third-order valence-electron chi connectivity index (χ3n) is 8.04. The summed E-state index contributed by atoms with van der Waals surface area (Å²) in [5.41, 5.74) is 8.11. The Morgan fingerprint density at radius 3 is 2.68 bits per heavy atom. The maximum absolute atomic E-state index is 13.6. The zero-order valence-corrected chi connectivity index (χ0v) is 23.0. The van der Waals surface area contributed by atoms with Gasteiger partial charge in [-0.05, 0) is 68.8 Å². The van der Waals surface area contributed by atoms with Crippen molar-refractivity contribution in [2.45, 2.75) is 56.3 Å². The maximum atomic E-state index is 13.6. The van der Waals surface area contributed by atoms with E-state index in [4.69, 9.17) is 5.73 Å². The summed E-state index contributed by atoms with van der Waals surface area (Å²) >= 11 is 0. The standard InChI is InChI=1S/C31H38N6O4/c32-13-12-21-14-26(33-17-21)31(41)37-19-24(36-30(40)28(38)11-10-20-6-2-1-3-7-20)16-27(37)29(39)35-23-15-22-8-4-5-9-25(22)34-18-23/h1-9,15,18,21,24,26-28,33,38H,10-14,16-17,19,32H2,(H,35,39)(H,36,40)/t21?,24-,26+,27+,28-/m1/s1. The second-order valence-corrected chi connectivity index (χ2v) is 11.0. The van der Waals surface area contributed by atoms with Gasteiger partial charge in [-0.3, -0.25) is 19.4 Å². The van der Waals surface area contributed by atoms with Crippen molar-refractivity contribution in [1.29, 1.82) is 0 Å². The first-order valence-electron chi connectivity index (χ1n) is 14.3. The summed E-state index contributed by atoms with van der Waals surface area (Å²) in [4.78, 5) is 46.0. The number of rotatable bonds is 10. The minimum atomic E-state index is -1.19. The number of aliphatic hydroxyl groups excluding tert-OH is 1. The summed E-state index contributed by atoms with van der Waals surface area (Å²) in [6, 6.07) is 17.5. The highest BCUT2D eigenvalue weighted by Crippen LogP contribution is 2.26. The number of aryl methyl sites for hydroxylation is 1. The van der Waals surface area contributed by atoms with Crippen LogP contribution in [0.1, 0.15) is 31.2 Å². The third kappa shape index (κ3) is 7.08. The van der Waals surface area contributed by atoms with Crippen LogP contribution in [0.15, 0.2) is 66.9 Å². The van der Waals surface area contributed by atoms with Crippen molar-refractivity contribution in [1.82, 2.24) is 20.5 Å². The molecule has 216 valence electrons. The van der Waals surface area contributed by atoms with E-state index < -0.39 is 30.1 Å². The van der Waals surface area contributed by atoms with Gasteiger partial charge in [0.15, 0.2) is 0 Å². The van der Waals surface area contributed by atoms with Crippen LogP contribution in [0.3, 0.4) is 0 Å². The molecule has 0 spiro atoms. The predicted octanol–water partition coefficient (Wildman–Crippen LogP) is 1.58. The number of carbonyl (C=O) groups excluding carboxylic acids is 3. The summed E-state index contributed by atoms with van der Waals surface area (Å²) < 4.78 is 0. The number of nitrogens with zero attached hydrogens (tertiary/aromatic N) is 2. The van der Waals surface area contributed by atoms with E-state index in [-0.39, 0.29) is 31.2 Å². The lowest BCUT2D eigenvalue weighted by molar-refractivity contribution is -0.138. The average Bonchev–Trinajstić information content (AvgIpc) is 3.64. The molecule has 1 aromatic heterocycles. The minimum Gasteiger partial charge on any atom is -0.383 e. The van der Waals surface area contributed by atoms with E-state index in [0.717, 1.165) is 22.9 Å². The number of likely N-dealkylation sites (tertiary alicyclic amines) is 1. The van der Waals surface area contributed by atoms with Crippen molar-refractivity contribution in [3.05, 3.63) is 72.4 Å². The van der Waals surface area contributed by atoms with Crippen molar-refractivity contribution in [2.24, 2.45) is 11.7 Å². The number of para-hydroxylation sites is 1. The van der Waals surface area contributed by atoms with Crippen molar-refractivity contribution in [3.8, 4) is 0 Å². The maximum Gasteiger partial charge on any atom is 0.249 e. The van der Waals surface area contributed by atoms with Gasteiger partial charge in [-0.15, -0.1) is 0 Å². The van der Waals surface area contributed by atoms with Gasteiger partial charge in [0, 0.05) is 18.0 Å². The Kier molecular flexibility index (Phi) is 9.23. The van der Waals surface area contributed by atoms with Crippen LogP contribution in [0.5, 0.6) is 0 Å². The topological polar surface area (TPSA) is 150 Å². The van der Waals surface area contributed by atoms with E-state index in [0.29, 0.717) is 37.5 Å². The zero-order valence-electron chi connectivity index (χ0n) is 23.0. The first-order valence-corrected chi connectivity index (χ1v) is 14.3. The molecule has 2 aromatic carbocycles. The van der Waals surface area contributed by atoms with Crippen LogP contribution in [0, 0.1) is 5.92 Å². The number of anilines is 1. The van der Waals surface area contributed by atoms with Gasteiger partial charge in [0.25, 0.3) is 0 Å². The van der Waals surface area contributed by atoms with E-state index in [1.807, 2.05) is 60.7 Å². The zero-order chi connectivity index (χ0) is 28.8. The van der Waals surface area contributed by atoms with Crippen molar-refractivity contribution < 1.29 is 19.5 Å². The molecule has 5 rings (SSSR count). The lowest BCUT2D eigenvalue weighted by atomic mass is 10.0. The minimum absolute atomic E-state index is 0.164. The lowest BCUT2D eigenvalue weighted by Gasteiger charge is -2.26. The second-order valence-electron chi connectivity index (χ2n) is 11.0. The van der Waals surface area contributed by atoms with E-state index in [9.17, 15) is 19.5 Å². The molecule has 2 aliphatic rings. The van der Waals surface area contributed by atoms with Crippen LogP contribution >= 0.6 is 0 Å². The lowest BCUT2D eigenvalue weighted by Crippen LogP contribution is -2.50. The van der Waals surface area contributed by atoms with Crippen molar-refractivity contribution in [2.75, 3.05) is 25.0 Å². The molecular weight excluding hydrogens is 520 g/mol. The number of fused-ring (bicyclic) bond motifs is 1. The molecule has 2 saturated heterocycles. The van der Waals surface area contributed by atoms with E-state index in [1.54, 1.807) is 11.1 Å². The molecule has 10 heteroatoms. The Labute approximate surface area is 239 Å². The predicted molar refractivity (Wildman–Crippen MR) is 157 cm³/mol. The number of amides is 3. The molecule has 0 bridgehead atoms. The SMILES string of the molecule is NCCC1CN[C@H](C(=O)N2C[C@H](NC(=O)[C@H](O)CCc3ccccc3)C[C@H]2C(=O)Nc2cnc3ccccc3c2)C1. The first-order chi connectivity index (χ1) is 19.9. The van der Waals surface area contributed by atoms with E-state index >= 15 is 0 Å². The van der Waals surface area contributed by atoms with Gasteiger partial charge in [-0.25, -0.2) is 0 Å². The molecule has 0 radical (unpaired) electrons. The highest BCUT2D eigenvalue weighted by atomic mass is 16.3. The Bertz CT molecular complexity index is 1370. The van der Waals surface area contributed by atoms with Gasteiger partial charge < -0.3 is 31.7 Å². The molecule has 6 N–H and O–H groups in total. The number of hydrogen-bond donors (Lipinski definition) is 5. The Hall–Kier alpha value is -3.86. The first kappa shape index (κ1) is 28.7. The Morgan fingerprint density at radius 2 is 1.88 bits per heavy atom. The highest BCUT2D eigenvalue weighted by Gasteiger charge is 2.44. The van der Waals surface area contributed by atoms with Crippen molar-refractivity contribution in [3.63, 3.8) is 0 Å². The molecule has 1 unspecified atom stereocenters. The molecule has 3 aromatic rings.